The van der Waals surface area contributed by atoms with Gasteiger partial charge in [0.05, 0.1) is 11.7 Å². The second-order valence-corrected chi connectivity index (χ2v) is 5.17. The van der Waals surface area contributed by atoms with E-state index in [4.69, 9.17) is 10.5 Å². The second-order valence-electron chi connectivity index (χ2n) is 5.17. The van der Waals surface area contributed by atoms with Gasteiger partial charge in [-0.1, -0.05) is 6.07 Å². The molecule has 3 rings (SSSR count). The van der Waals surface area contributed by atoms with E-state index < -0.39 is 0 Å². The number of hydrogen-bond acceptors (Lipinski definition) is 4. The third-order valence-electron chi connectivity index (χ3n) is 3.39. The van der Waals surface area contributed by atoms with E-state index in [1.165, 1.54) is 0 Å². The second kappa shape index (κ2) is 5.54. The molecule has 0 radical (unpaired) electrons. The summed E-state index contributed by atoms with van der Waals surface area (Å²) in [7, 11) is 1.88. The molecule has 0 aliphatic heterocycles. The zero-order valence-corrected chi connectivity index (χ0v) is 12.1. The minimum Gasteiger partial charge on any atom is -0.483 e. The van der Waals surface area contributed by atoms with E-state index in [9.17, 15) is 0 Å². The fourth-order valence-corrected chi connectivity index (χ4v) is 2.38. The van der Waals surface area contributed by atoms with Crippen LogP contribution in [0.15, 0.2) is 48.9 Å². The summed E-state index contributed by atoms with van der Waals surface area (Å²) in [5.41, 5.74) is 7.97. The zero-order chi connectivity index (χ0) is 14.8. The summed E-state index contributed by atoms with van der Waals surface area (Å²) in [4.78, 5) is 4.34. The topological polar surface area (TPSA) is 66.0 Å². The Morgan fingerprint density at radius 1 is 1.24 bits per heavy atom. The maximum atomic E-state index is 6.17. The van der Waals surface area contributed by atoms with E-state index in [-0.39, 0.29) is 12.1 Å². The van der Waals surface area contributed by atoms with Crippen molar-refractivity contribution in [2.24, 2.45) is 12.8 Å². The summed E-state index contributed by atoms with van der Waals surface area (Å²) in [5, 5.41) is 5.17. The fourth-order valence-electron chi connectivity index (χ4n) is 2.38. The third kappa shape index (κ3) is 2.73. The summed E-state index contributed by atoms with van der Waals surface area (Å²) < 4.78 is 7.92. The Morgan fingerprint density at radius 2 is 2.10 bits per heavy atom. The van der Waals surface area contributed by atoms with E-state index >= 15 is 0 Å². The van der Waals surface area contributed by atoms with E-state index in [0.717, 1.165) is 22.2 Å². The van der Waals surface area contributed by atoms with Crippen molar-refractivity contribution in [3.05, 3.63) is 54.5 Å². The van der Waals surface area contributed by atoms with Gasteiger partial charge in [0.15, 0.2) is 0 Å². The van der Waals surface area contributed by atoms with Gasteiger partial charge in [0.1, 0.15) is 11.9 Å². The summed E-state index contributed by atoms with van der Waals surface area (Å²) in [6.45, 7) is 1.93. The van der Waals surface area contributed by atoms with Gasteiger partial charge in [-0.05, 0) is 31.2 Å². The molecule has 2 unspecified atom stereocenters. The maximum Gasteiger partial charge on any atom is 0.142 e. The van der Waals surface area contributed by atoms with E-state index in [1.807, 2.05) is 50.5 Å². The number of rotatable bonds is 4. The number of aromatic nitrogens is 3. The van der Waals surface area contributed by atoms with Crippen molar-refractivity contribution >= 4 is 10.9 Å². The van der Waals surface area contributed by atoms with Crippen LogP contribution < -0.4 is 10.5 Å². The average Bonchev–Trinajstić information content (AvgIpc) is 2.90. The first-order chi connectivity index (χ1) is 10.1. The maximum absolute atomic E-state index is 6.17. The van der Waals surface area contributed by atoms with Crippen molar-refractivity contribution < 1.29 is 4.74 Å². The van der Waals surface area contributed by atoms with Crippen molar-refractivity contribution in [3.8, 4) is 5.75 Å². The number of nitrogens with zero attached hydrogens (tertiary/aromatic N) is 3. The van der Waals surface area contributed by atoms with Crippen molar-refractivity contribution in [2.75, 3.05) is 0 Å². The summed E-state index contributed by atoms with van der Waals surface area (Å²) in [6, 6.07) is 9.59. The summed E-state index contributed by atoms with van der Waals surface area (Å²) >= 11 is 0. The van der Waals surface area contributed by atoms with Crippen LogP contribution in [0.5, 0.6) is 5.75 Å². The molecule has 21 heavy (non-hydrogen) atoms. The van der Waals surface area contributed by atoms with E-state index in [0.29, 0.717) is 0 Å². The molecule has 2 aromatic heterocycles. The Kier molecular flexibility index (Phi) is 3.58. The van der Waals surface area contributed by atoms with Gasteiger partial charge in [-0.2, -0.15) is 5.10 Å². The Labute approximate surface area is 123 Å². The standard InChI is InChI=1S/C16H18N4O/c1-11(17)16(12-9-19-20(2)10-12)21-15-7-3-6-14-13(15)5-4-8-18-14/h3-11,16H,17H2,1-2H3. The molecular weight excluding hydrogens is 264 g/mol. The quantitative estimate of drug-likeness (QED) is 0.798. The molecule has 0 bridgehead atoms. The van der Waals surface area contributed by atoms with Crippen LogP contribution in [-0.2, 0) is 7.05 Å². The van der Waals surface area contributed by atoms with Crippen LogP contribution in [0, 0.1) is 0 Å². The smallest absolute Gasteiger partial charge is 0.142 e. The first kappa shape index (κ1) is 13.6. The lowest BCUT2D eigenvalue weighted by Gasteiger charge is -2.22. The molecule has 108 valence electrons. The highest BCUT2D eigenvalue weighted by Crippen LogP contribution is 2.29. The number of hydrogen-bond donors (Lipinski definition) is 1. The van der Waals surface area contributed by atoms with Crippen LogP contribution in [0.2, 0.25) is 0 Å². The van der Waals surface area contributed by atoms with Crippen molar-refractivity contribution in [1.29, 1.82) is 0 Å². The lowest BCUT2D eigenvalue weighted by atomic mass is 10.1. The monoisotopic (exact) mass is 282 g/mol. The Morgan fingerprint density at radius 3 is 2.81 bits per heavy atom. The molecule has 5 nitrogen and oxygen atoms in total. The van der Waals surface area contributed by atoms with Gasteiger partial charge in [-0.25, -0.2) is 0 Å². The highest BCUT2D eigenvalue weighted by Gasteiger charge is 2.20. The normalized spacial score (nSPS) is 14.0. The van der Waals surface area contributed by atoms with Gasteiger partial charge in [0.2, 0.25) is 0 Å². The first-order valence-electron chi connectivity index (χ1n) is 6.89. The van der Waals surface area contributed by atoms with Crippen molar-refractivity contribution in [3.63, 3.8) is 0 Å². The summed E-state index contributed by atoms with van der Waals surface area (Å²) in [5.74, 6) is 0.784. The number of aryl methyl sites for hydroxylation is 1. The van der Waals surface area contributed by atoms with Crippen LogP contribution in [0.4, 0.5) is 0 Å². The van der Waals surface area contributed by atoms with Crippen LogP contribution in [0.3, 0.4) is 0 Å². The molecule has 0 amide bonds. The molecule has 2 atom stereocenters. The molecule has 3 aromatic rings. The first-order valence-corrected chi connectivity index (χ1v) is 6.89. The number of nitrogens with two attached hydrogens (primary N) is 1. The molecule has 5 heteroatoms. The Hall–Kier alpha value is -2.40. The highest BCUT2D eigenvalue weighted by molar-refractivity contribution is 5.84. The van der Waals surface area contributed by atoms with Crippen LogP contribution in [0.1, 0.15) is 18.6 Å². The number of fused-ring (bicyclic) bond motifs is 1. The van der Waals surface area contributed by atoms with Crippen LogP contribution in [-0.4, -0.2) is 20.8 Å². The van der Waals surface area contributed by atoms with Gasteiger partial charge in [0.25, 0.3) is 0 Å². The molecular formula is C16H18N4O. The Bertz CT molecular complexity index is 745. The highest BCUT2D eigenvalue weighted by atomic mass is 16.5. The largest absolute Gasteiger partial charge is 0.483 e. The lowest BCUT2D eigenvalue weighted by Crippen LogP contribution is -2.28. The SMILES string of the molecule is CC(N)C(Oc1cccc2ncccc12)c1cnn(C)c1. The molecule has 0 saturated carbocycles. The predicted octanol–water partition coefficient (Wildman–Crippen LogP) is 2.44. The van der Waals surface area contributed by atoms with Gasteiger partial charge < -0.3 is 10.5 Å². The molecule has 0 aliphatic rings. The molecule has 0 spiro atoms. The molecule has 2 heterocycles. The minimum absolute atomic E-state index is 0.152. The van der Waals surface area contributed by atoms with Gasteiger partial charge in [0, 0.05) is 36.4 Å². The molecule has 0 saturated heterocycles. The lowest BCUT2D eigenvalue weighted by molar-refractivity contribution is 0.183. The molecule has 1 aromatic carbocycles. The van der Waals surface area contributed by atoms with Gasteiger partial charge >= 0.3 is 0 Å². The average molecular weight is 282 g/mol. The number of ether oxygens (including phenoxy) is 1. The predicted molar refractivity (Wildman–Crippen MR) is 82.0 cm³/mol. The van der Waals surface area contributed by atoms with Crippen LogP contribution >= 0.6 is 0 Å². The summed E-state index contributed by atoms with van der Waals surface area (Å²) in [6.07, 6.45) is 5.25. The van der Waals surface area contributed by atoms with E-state index in [1.54, 1.807) is 17.1 Å². The third-order valence-corrected chi connectivity index (χ3v) is 3.39. The molecule has 0 fully saturated rings. The van der Waals surface area contributed by atoms with Crippen molar-refractivity contribution in [2.45, 2.75) is 19.1 Å². The van der Waals surface area contributed by atoms with Gasteiger partial charge in [-0.15, -0.1) is 0 Å². The van der Waals surface area contributed by atoms with E-state index in [2.05, 4.69) is 10.1 Å². The number of pyridine rings is 1. The Balaban J connectivity index is 1.99. The fraction of sp³-hybridized carbons (Fsp3) is 0.250. The zero-order valence-electron chi connectivity index (χ0n) is 12.1. The molecule has 2 N–H and O–H groups in total. The molecule has 0 aliphatic carbocycles. The van der Waals surface area contributed by atoms with Gasteiger partial charge in [-0.3, -0.25) is 9.67 Å². The van der Waals surface area contributed by atoms with Crippen LogP contribution in [0.25, 0.3) is 10.9 Å². The van der Waals surface area contributed by atoms with Crippen molar-refractivity contribution in [1.82, 2.24) is 14.8 Å². The minimum atomic E-state index is -0.246. The number of benzene rings is 1.